The minimum atomic E-state index is -0.178. The van der Waals surface area contributed by atoms with Crippen LogP contribution in [0.5, 0.6) is 0 Å². The minimum absolute atomic E-state index is 0.178. The highest BCUT2D eigenvalue weighted by Crippen LogP contribution is 2.43. The predicted octanol–water partition coefficient (Wildman–Crippen LogP) is 3.34. The largest absolute Gasteiger partial charge is 0.374 e. The lowest BCUT2D eigenvalue weighted by Crippen LogP contribution is -2.54. The molecule has 0 aliphatic heterocycles. The van der Waals surface area contributed by atoms with E-state index >= 15 is 0 Å². The van der Waals surface area contributed by atoms with Crippen molar-refractivity contribution in [2.24, 2.45) is 11.3 Å². The number of hydrogen-bond donors (Lipinski definition) is 0. The zero-order valence-electron chi connectivity index (χ0n) is 10.8. The molecule has 2 saturated carbocycles. The van der Waals surface area contributed by atoms with Crippen molar-refractivity contribution < 1.29 is 9.53 Å². The van der Waals surface area contributed by atoms with Crippen molar-refractivity contribution in [1.82, 2.24) is 0 Å². The lowest BCUT2D eigenvalue weighted by Gasteiger charge is -2.46. The van der Waals surface area contributed by atoms with Crippen LogP contribution in [0.15, 0.2) is 0 Å². The molecule has 2 fully saturated rings. The van der Waals surface area contributed by atoms with E-state index in [1.165, 1.54) is 25.7 Å². The lowest BCUT2D eigenvalue weighted by molar-refractivity contribution is -0.172. The van der Waals surface area contributed by atoms with Crippen LogP contribution < -0.4 is 0 Å². The van der Waals surface area contributed by atoms with Crippen LogP contribution in [0, 0.1) is 11.3 Å². The average Bonchev–Trinajstić information content (AvgIpc) is 2.30. The first kappa shape index (κ1) is 12.1. The minimum Gasteiger partial charge on any atom is -0.374 e. The molecule has 0 bridgehead atoms. The van der Waals surface area contributed by atoms with Gasteiger partial charge in [0, 0.05) is 6.42 Å². The van der Waals surface area contributed by atoms with E-state index in [-0.39, 0.29) is 11.5 Å². The van der Waals surface area contributed by atoms with Gasteiger partial charge in [0.1, 0.15) is 5.78 Å². The number of Topliss-reactive ketones (excluding diaryl/α,β-unsaturated/α-hetero) is 1. The highest BCUT2D eigenvalue weighted by molar-refractivity contribution is 5.91. The standard InChI is InChI=1S/C14H24O2/c1-4-14(3)12(15)9-13(14)16-11-7-5-10(2)6-8-11/h10-11,13H,4-9H2,1-3H3. The highest BCUT2D eigenvalue weighted by Gasteiger charge is 2.51. The van der Waals surface area contributed by atoms with E-state index in [1.54, 1.807) is 0 Å². The number of ether oxygens (including phenoxy) is 1. The predicted molar refractivity (Wildman–Crippen MR) is 64.3 cm³/mol. The molecule has 0 aromatic carbocycles. The molecule has 0 aromatic rings. The summed E-state index contributed by atoms with van der Waals surface area (Å²) in [6.45, 7) is 6.48. The zero-order chi connectivity index (χ0) is 11.8. The first-order valence-corrected chi connectivity index (χ1v) is 6.75. The molecule has 2 nitrogen and oxygen atoms in total. The fourth-order valence-corrected chi connectivity index (χ4v) is 2.90. The first-order chi connectivity index (χ1) is 7.56. The zero-order valence-corrected chi connectivity index (χ0v) is 10.8. The fraction of sp³-hybridized carbons (Fsp3) is 0.929. The van der Waals surface area contributed by atoms with Crippen LogP contribution >= 0.6 is 0 Å². The molecular weight excluding hydrogens is 200 g/mol. The maximum absolute atomic E-state index is 11.6. The molecule has 2 atom stereocenters. The van der Waals surface area contributed by atoms with Crippen molar-refractivity contribution in [3.05, 3.63) is 0 Å². The normalized spacial score (nSPS) is 44.2. The molecule has 2 heteroatoms. The second kappa shape index (κ2) is 4.48. The van der Waals surface area contributed by atoms with Crippen LogP contribution in [0.3, 0.4) is 0 Å². The summed E-state index contributed by atoms with van der Waals surface area (Å²) in [6.07, 6.45) is 7.12. The second-order valence-electron chi connectivity index (χ2n) is 5.90. The van der Waals surface area contributed by atoms with Gasteiger partial charge in [-0.1, -0.05) is 20.8 Å². The van der Waals surface area contributed by atoms with Crippen LogP contribution in [-0.4, -0.2) is 18.0 Å². The maximum Gasteiger partial charge on any atom is 0.143 e. The van der Waals surface area contributed by atoms with Gasteiger partial charge in [-0.25, -0.2) is 0 Å². The third-order valence-corrected chi connectivity index (χ3v) is 4.77. The topological polar surface area (TPSA) is 26.3 Å². The van der Waals surface area contributed by atoms with E-state index in [4.69, 9.17) is 4.74 Å². The summed E-state index contributed by atoms with van der Waals surface area (Å²) < 4.78 is 6.13. The lowest BCUT2D eigenvalue weighted by atomic mass is 9.64. The number of rotatable bonds is 3. The van der Waals surface area contributed by atoms with Crippen molar-refractivity contribution in [3.63, 3.8) is 0 Å². The number of carbonyl (C=O) groups is 1. The van der Waals surface area contributed by atoms with E-state index in [2.05, 4.69) is 20.8 Å². The Bertz CT molecular complexity index is 266. The van der Waals surface area contributed by atoms with Crippen LogP contribution in [-0.2, 0) is 9.53 Å². The third-order valence-electron chi connectivity index (χ3n) is 4.77. The number of ketones is 1. The molecule has 2 aliphatic carbocycles. The van der Waals surface area contributed by atoms with E-state index in [1.807, 2.05) is 0 Å². The Kier molecular flexibility index (Phi) is 3.39. The van der Waals surface area contributed by atoms with Gasteiger partial charge in [0.15, 0.2) is 0 Å². The van der Waals surface area contributed by atoms with E-state index in [0.717, 1.165) is 12.3 Å². The Morgan fingerprint density at radius 2 is 1.94 bits per heavy atom. The van der Waals surface area contributed by atoms with Crippen LogP contribution in [0.4, 0.5) is 0 Å². The Morgan fingerprint density at radius 1 is 1.31 bits per heavy atom. The van der Waals surface area contributed by atoms with Crippen molar-refractivity contribution in [2.75, 3.05) is 0 Å². The SMILES string of the molecule is CCC1(C)C(=O)CC1OC1CCC(C)CC1. The molecule has 16 heavy (non-hydrogen) atoms. The molecule has 2 aliphatic rings. The number of carbonyl (C=O) groups excluding carboxylic acids is 1. The molecule has 2 unspecified atom stereocenters. The molecule has 2 rings (SSSR count). The van der Waals surface area contributed by atoms with Crippen molar-refractivity contribution in [2.45, 2.75) is 71.5 Å². The fourth-order valence-electron chi connectivity index (χ4n) is 2.90. The van der Waals surface area contributed by atoms with Crippen LogP contribution in [0.1, 0.15) is 59.3 Å². The van der Waals surface area contributed by atoms with Crippen molar-refractivity contribution in [3.8, 4) is 0 Å². The highest BCUT2D eigenvalue weighted by atomic mass is 16.5. The molecule has 92 valence electrons. The van der Waals surface area contributed by atoms with Crippen LogP contribution in [0.25, 0.3) is 0 Å². The molecule has 0 spiro atoms. The van der Waals surface area contributed by atoms with Gasteiger partial charge in [-0.15, -0.1) is 0 Å². The summed E-state index contributed by atoms with van der Waals surface area (Å²) in [6, 6.07) is 0. The van der Waals surface area contributed by atoms with Gasteiger partial charge in [0.2, 0.25) is 0 Å². The van der Waals surface area contributed by atoms with Crippen LogP contribution in [0.2, 0.25) is 0 Å². The molecule has 0 aromatic heterocycles. The van der Waals surface area contributed by atoms with Crippen molar-refractivity contribution in [1.29, 1.82) is 0 Å². The molecule has 0 N–H and O–H groups in total. The Morgan fingerprint density at radius 3 is 2.44 bits per heavy atom. The summed E-state index contributed by atoms with van der Waals surface area (Å²) in [4.78, 5) is 11.6. The molecule has 0 radical (unpaired) electrons. The van der Waals surface area contributed by atoms with E-state index in [9.17, 15) is 4.79 Å². The molecule has 0 amide bonds. The first-order valence-electron chi connectivity index (χ1n) is 6.75. The van der Waals surface area contributed by atoms with Gasteiger partial charge in [0.25, 0.3) is 0 Å². The molecule has 0 heterocycles. The molecule has 0 saturated heterocycles. The van der Waals surface area contributed by atoms with E-state index in [0.29, 0.717) is 18.3 Å². The average molecular weight is 224 g/mol. The summed E-state index contributed by atoms with van der Waals surface area (Å²) in [7, 11) is 0. The summed E-state index contributed by atoms with van der Waals surface area (Å²) in [5, 5.41) is 0. The van der Waals surface area contributed by atoms with Crippen molar-refractivity contribution >= 4 is 5.78 Å². The number of hydrogen-bond acceptors (Lipinski definition) is 2. The van der Waals surface area contributed by atoms with Gasteiger partial charge < -0.3 is 4.74 Å². The quantitative estimate of drug-likeness (QED) is 0.735. The van der Waals surface area contributed by atoms with Gasteiger partial charge in [-0.2, -0.15) is 0 Å². The monoisotopic (exact) mass is 224 g/mol. The Labute approximate surface area is 98.7 Å². The summed E-state index contributed by atoms with van der Waals surface area (Å²) in [5.74, 6) is 1.25. The summed E-state index contributed by atoms with van der Waals surface area (Å²) >= 11 is 0. The Hall–Kier alpha value is -0.370. The van der Waals surface area contributed by atoms with Gasteiger partial charge >= 0.3 is 0 Å². The summed E-state index contributed by atoms with van der Waals surface area (Å²) in [5.41, 5.74) is -0.178. The maximum atomic E-state index is 11.6. The smallest absolute Gasteiger partial charge is 0.143 e. The van der Waals surface area contributed by atoms with Gasteiger partial charge in [-0.05, 0) is 38.0 Å². The molecular formula is C14H24O2. The van der Waals surface area contributed by atoms with Gasteiger partial charge in [-0.3, -0.25) is 4.79 Å². The third kappa shape index (κ3) is 2.04. The second-order valence-corrected chi connectivity index (χ2v) is 5.90. The van der Waals surface area contributed by atoms with E-state index < -0.39 is 0 Å². The van der Waals surface area contributed by atoms with Gasteiger partial charge in [0.05, 0.1) is 17.6 Å². The Balaban J connectivity index is 1.85.